The molecule has 0 fully saturated rings. The fourth-order valence-electron chi connectivity index (χ4n) is 1.45. The summed E-state index contributed by atoms with van der Waals surface area (Å²) in [6.07, 6.45) is 3.07. The SMILES string of the molecule is O=C(O)Cc1ccc(-n2cc(Cl)cn2)c(Cl)c1. The second kappa shape index (κ2) is 4.77. The maximum absolute atomic E-state index is 10.6. The van der Waals surface area contributed by atoms with Crippen molar-refractivity contribution in [1.29, 1.82) is 0 Å². The van der Waals surface area contributed by atoms with Gasteiger partial charge in [-0.2, -0.15) is 5.10 Å². The van der Waals surface area contributed by atoms with E-state index in [1.54, 1.807) is 24.4 Å². The third kappa shape index (κ3) is 2.78. The zero-order valence-electron chi connectivity index (χ0n) is 8.60. The van der Waals surface area contributed by atoms with Gasteiger partial charge in [0.1, 0.15) is 0 Å². The normalized spacial score (nSPS) is 10.5. The molecule has 0 saturated heterocycles. The van der Waals surface area contributed by atoms with E-state index in [-0.39, 0.29) is 6.42 Å². The van der Waals surface area contributed by atoms with Gasteiger partial charge >= 0.3 is 5.97 Å². The number of hydrogen-bond donors (Lipinski definition) is 1. The van der Waals surface area contributed by atoms with Gasteiger partial charge in [0, 0.05) is 6.20 Å². The molecule has 0 atom stereocenters. The fraction of sp³-hybridized carbons (Fsp3) is 0.0909. The molecule has 2 aromatic rings. The van der Waals surface area contributed by atoms with Gasteiger partial charge in [0.05, 0.1) is 28.4 Å². The van der Waals surface area contributed by atoms with E-state index in [9.17, 15) is 4.79 Å². The Balaban J connectivity index is 2.34. The van der Waals surface area contributed by atoms with Gasteiger partial charge in [-0.05, 0) is 17.7 Å². The molecule has 0 unspecified atom stereocenters. The second-order valence-electron chi connectivity index (χ2n) is 3.46. The molecule has 0 aliphatic carbocycles. The first-order valence-corrected chi connectivity index (χ1v) is 5.52. The number of hydrogen-bond acceptors (Lipinski definition) is 2. The molecule has 0 saturated carbocycles. The molecule has 4 nitrogen and oxygen atoms in total. The molecule has 1 N–H and O–H groups in total. The highest BCUT2D eigenvalue weighted by Crippen LogP contribution is 2.22. The van der Waals surface area contributed by atoms with Crippen LogP contribution in [-0.2, 0) is 11.2 Å². The minimum absolute atomic E-state index is 0.0557. The standard InChI is InChI=1S/C11H8Cl2N2O2/c12-8-5-14-15(6-8)10-2-1-7(3-9(10)13)4-11(16)17/h1-3,5-6H,4H2,(H,16,17). The Hall–Kier alpha value is -1.52. The molecule has 0 spiro atoms. The number of carboxylic acid groups (broad SMARTS) is 1. The van der Waals surface area contributed by atoms with Gasteiger partial charge < -0.3 is 5.11 Å². The number of benzene rings is 1. The molecule has 1 aromatic heterocycles. The van der Waals surface area contributed by atoms with Crippen molar-refractivity contribution in [1.82, 2.24) is 9.78 Å². The van der Waals surface area contributed by atoms with Crippen LogP contribution in [0.15, 0.2) is 30.6 Å². The molecule has 0 bridgehead atoms. The van der Waals surface area contributed by atoms with Gasteiger partial charge in [-0.3, -0.25) is 4.79 Å². The third-order valence-corrected chi connectivity index (χ3v) is 2.66. The number of carboxylic acids is 1. The predicted octanol–water partition coefficient (Wildman–Crippen LogP) is 2.81. The van der Waals surface area contributed by atoms with Crippen LogP contribution in [-0.4, -0.2) is 20.9 Å². The summed E-state index contributed by atoms with van der Waals surface area (Å²) >= 11 is 11.8. The summed E-state index contributed by atoms with van der Waals surface area (Å²) in [6.45, 7) is 0. The smallest absolute Gasteiger partial charge is 0.307 e. The van der Waals surface area contributed by atoms with E-state index in [2.05, 4.69) is 5.10 Å². The molecule has 0 amide bonds. The van der Waals surface area contributed by atoms with Crippen molar-refractivity contribution in [3.63, 3.8) is 0 Å². The average Bonchev–Trinajstić information content (AvgIpc) is 2.64. The van der Waals surface area contributed by atoms with E-state index in [4.69, 9.17) is 28.3 Å². The van der Waals surface area contributed by atoms with Gasteiger partial charge in [-0.15, -0.1) is 0 Å². The van der Waals surface area contributed by atoms with Crippen LogP contribution in [0.2, 0.25) is 10.0 Å². The van der Waals surface area contributed by atoms with E-state index in [0.29, 0.717) is 21.3 Å². The minimum atomic E-state index is -0.893. The highest BCUT2D eigenvalue weighted by atomic mass is 35.5. The van der Waals surface area contributed by atoms with Crippen molar-refractivity contribution in [3.05, 3.63) is 46.2 Å². The number of halogens is 2. The molecular formula is C11H8Cl2N2O2. The third-order valence-electron chi connectivity index (χ3n) is 2.17. The zero-order chi connectivity index (χ0) is 12.4. The summed E-state index contributed by atoms with van der Waals surface area (Å²) in [6, 6.07) is 5.02. The Morgan fingerprint density at radius 2 is 2.18 bits per heavy atom. The molecule has 88 valence electrons. The first kappa shape index (κ1) is 12.0. The average molecular weight is 271 g/mol. The topological polar surface area (TPSA) is 55.1 Å². The molecule has 1 heterocycles. The Morgan fingerprint density at radius 3 is 2.71 bits per heavy atom. The zero-order valence-corrected chi connectivity index (χ0v) is 10.1. The maximum atomic E-state index is 10.6. The van der Waals surface area contributed by atoms with Gasteiger partial charge in [-0.25, -0.2) is 4.68 Å². The summed E-state index contributed by atoms with van der Waals surface area (Å²) in [5.41, 5.74) is 1.30. The molecule has 6 heteroatoms. The maximum Gasteiger partial charge on any atom is 0.307 e. The summed E-state index contributed by atoms with van der Waals surface area (Å²) in [7, 11) is 0. The van der Waals surface area contributed by atoms with Crippen molar-refractivity contribution in [2.75, 3.05) is 0 Å². The van der Waals surface area contributed by atoms with Crippen molar-refractivity contribution in [2.24, 2.45) is 0 Å². The lowest BCUT2D eigenvalue weighted by Gasteiger charge is -2.05. The van der Waals surface area contributed by atoms with Crippen LogP contribution in [0.1, 0.15) is 5.56 Å². The molecule has 0 aliphatic heterocycles. The lowest BCUT2D eigenvalue weighted by molar-refractivity contribution is -0.136. The highest BCUT2D eigenvalue weighted by molar-refractivity contribution is 6.32. The number of aliphatic carboxylic acids is 1. The van der Waals surface area contributed by atoms with Gasteiger partial charge in [0.15, 0.2) is 0 Å². The number of aromatic nitrogens is 2. The van der Waals surface area contributed by atoms with Crippen LogP contribution in [0.4, 0.5) is 0 Å². The number of nitrogens with zero attached hydrogens (tertiary/aromatic N) is 2. The van der Waals surface area contributed by atoms with Crippen LogP contribution < -0.4 is 0 Å². The highest BCUT2D eigenvalue weighted by Gasteiger charge is 2.07. The summed E-state index contributed by atoms with van der Waals surface area (Å²) in [4.78, 5) is 10.6. The summed E-state index contributed by atoms with van der Waals surface area (Å²) < 4.78 is 1.54. The van der Waals surface area contributed by atoms with Crippen LogP contribution >= 0.6 is 23.2 Å². The van der Waals surface area contributed by atoms with Gasteiger partial charge in [-0.1, -0.05) is 29.3 Å². The van der Waals surface area contributed by atoms with Crippen LogP contribution in [0.25, 0.3) is 5.69 Å². The van der Waals surface area contributed by atoms with Crippen LogP contribution in [0.3, 0.4) is 0 Å². The van der Waals surface area contributed by atoms with Crippen molar-refractivity contribution in [3.8, 4) is 5.69 Å². The van der Waals surface area contributed by atoms with E-state index < -0.39 is 5.97 Å². The molecule has 2 rings (SSSR count). The first-order valence-electron chi connectivity index (χ1n) is 4.77. The number of rotatable bonds is 3. The molecule has 1 aromatic carbocycles. The summed E-state index contributed by atoms with van der Waals surface area (Å²) in [5.74, 6) is -0.893. The lowest BCUT2D eigenvalue weighted by Crippen LogP contribution is -2.01. The van der Waals surface area contributed by atoms with Gasteiger partial charge in [0.2, 0.25) is 0 Å². The van der Waals surface area contributed by atoms with Crippen molar-refractivity contribution >= 4 is 29.2 Å². The monoisotopic (exact) mass is 270 g/mol. The second-order valence-corrected chi connectivity index (χ2v) is 4.30. The van der Waals surface area contributed by atoms with E-state index in [1.807, 2.05) is 0 Å². The van der Waals surface area contributed by atoms with Crippen LogP contribution in [0, 0.1) is 0 Å². The Labute approximate surface area is 107 Å². The van der Waals surface area contributed by atoms with E-state index in [0.717, 1.165) is 0 Å². The van der Waals surface area contributed by atoms with Crippen molar-refractivity contribution in [2.45, 2.75) is 6.42 Å². The Kier molecular flexibility index (Phi) is 3.36. The van der Waals surface area contributed by atoms with Crippen LogP contribution in [0.5, 0.6) is 0 Å². The largest absolute Gasteiger partial charge is 0.481 e. The van der Waals surface area contributed by atoms with Crippen molar-refractivity contribution < 1.29 is 9.90 Å². The van der Waals surface area contributed by atoms with Gasteiger partial charge in [0.25, 0.3) is 0 Å². The predicted molar refractivity (Wildman–Crippen MR) is 64.9 cm³/mol. The Bertz CT molecular complexity index is 566. The molecular weight excluding hydrogens is 263 g/mol. The minimum Gasteiger partial charge on any atom is -0.481 e. The number of carbonyl (C=O) groups is 1. The quantitative estimate of drug-likeness (QED) is 0.933. The molecule has 17 heavy (non-hydrogen) atoms. The summed E-state index contributed by atoms with van der Waals surface area (Å²) in [5, 5.41) is 13.6. The molecule has 0 aliphatic rings. The fourth-order valence-corrected chi connectivity index (χ4v) is 1.88. The lowest BCUT2D eigenvalue weighted by atomic mass is 10.1. The Morgan fingerprint density at radius 1 is 1.41 bits per heavy atom. The van der Waals surface area contributed by atoms with E-state index in [1.165, 1.54) is 10.9 Å². The molecule has 0 radical (unpaired) electrons. The van der Waals surface area contributed by atoms with E-state index >= 15 is 0 Å². The first-order chi connectivity index (χ1) is 8.06.